The van der Waals surface area contributed by atoms with Crippen LogP contribution in [0.3, 0.4) is 0 Å². The Hall–Kier alpha value is -1.50. The van der Waals surface area contributed by atoms with E-state index in [1.807, 2.05) is 6.92 Å². The molecule has 0 aliphatic carbocycles. The minimum absolute atomic E-state index is 0.161. The average Bonchev–Trinajstić information content (AvgIpc) is 2.03. The lowest BCUT2D eigenvalue weighted by molar-refractivity contribution is -0.162. The molecule has 0 bridgehead atoms. The lowest BCUT2D eigenvalue weighted by Gasteiger charge is -2.15. The highest BCUT2D eigenvalue weighted by Gasteiger charge is 2.40. The van der Waals surface area contributed by atoms with Crippen molar-refractivity contribution < 1.29 is 19.8 Å². The number of hydrogen-bond acceptors (Lipinski definition) is 2. The molecule has 0 radical (unpaired) electrons. The molecule has 0 fully saturated rings. The second kappa shape index (κ2) is 4.51. The van der Waals surface area contributed by atoms with Crippen LogP contribution in [0, 0.1) is 17.3 Å². The highest BCUT2D eigenvalue weighted by atomic mass is 16.4. The normalized spacial score (nSPS) is 10.0. The fourth-order valence-corrected chi connectivity index (χ4v) is 0.607. The standard InChI is InChI=1S/C9H12O4/c1-3-4-5-6-9(2,7(10)11)8(12)13/h3,6H2,1-2H3,(H,10,11)(H,12,13). The smallest absolute Gasteiger partial charge is 0.321 e. The summed E-state index contributed by atoms with van der Waals surface area (Å²) in [7, 11) is 0. The molecule has 0 aliphatic heterocycles. The first-order valence-electron chi connectivity index (χ1n) is 3.87. The van der Waals surface area contributed by atoms with E-state index in [2.05, 4.69) is 11.8 Å². The summed E-state index contributed by atoms with van der Waals surface area (Å²) in [4.78, 5) is 21.2. The summed E-state index contributed by atoms with van der Waals surface area (Å²) < 4.78 is 0. The Bertz CT molecular complexity index is 255. The van der Waals surface area contributed by atoms with Crippen molar-refractivity contribution in [2.24, 2.45) is 5.41 Å². The molecular formula is C9H12O4. The van der Waals surface area contributed by atoms with E-state index < -0.39 is 17.4 Å². The Morgan fingerprint density at radius 3 is 2.00 bits per heavy atom. The summed E-state index contributed by atoms with van der Waals surface area (Å²) in [5.41, 5.74) is -1.79. The molecular weight excluding hydrogens is 172 g/mol. The first kappa shape index (κ1) is 11.5. The van der Waals surface area contributed by atoms with Crippen LogP contribution in [0.1, 0.15) is 26.7 Å². The Labute approximate surface area is 76.6 Å². The molecule has 0 saturated carbocycles. The second-order valence-corrected chi connectivity index (χ2v) is 2.83. The Morgan fingerprint density at radius 1 is 1.23 bits per heavy atom. The van der Waals surface area contributed by atoms with Crippen LogP contribution in [0.15, 0.2) is 0 Å². The fraction of sp³-hybridized carbons (Fsp3) is 0.556. The molecule has 0 aromatic carbocycles. The average molecular weight is 184 g/mol. The number of hydrogen-bond donors (Lipinski definition) is 2. The zero-order chi connectivity index (χ0) is 10.5. The number of rotatable bonds is 3. The van der Waals surface area contributed by atoms with Crippen LogP contribution < -0.4 is 0 Å². The molecule has 4 nitrogen and oxygen atoms in total. The van der Waals surface area contributed by atoms with E-state index in [1.165, 1.54) is 0 Å². The summed E-state index contributed by atoms with van der Waals surface area (Å²) in [6, 6.07) is 0. The van der Waals surface area contributed by atoms with Crippen LogP contribution in [0.25, 0.3) is 0 Å². The van der Waals surface area contributed by atoms with Crippen LogP contribution >= 0.6 is 0 Å². The maximum absolute atomic E-state index is 10.6. The minimum Gasteiger partial charge on any atom is -0.480 e. The Kier molecular flexibility index (Phi) is 3.99. The molecule has 0 aromatic rings. The SMILES string of the molecule is CCC#CCC(C)(C(=O)O)C(=O)O. The summed E-state index contributed by atoms with van der Waals surface area (Å²) >= 11 is 0. The molecule has 0 rings (SSSR count). The molecule has 0 heterocycles. The van der Waals surface area contributed by atoms with Gasteiger partial charge in [0.05, 0.1) is 0 Å². The van der Waals surface area contributed by atoms with Crippen LogP contribution in [0.5, 0.6) is 0 Å². The predicted molar refractivity (Wildman–Crippen MR) is 46.1 cm³/mol. The first-order valence-corrected chi connectivity index (χ1v) is 3.87. The summed E-state index contributed by atoms with van der Waals surface area (Å²) in [5, 5.41) is 17.3. The molecule has 4 heteroatoms. The highest BCUT2D eigenvalue weighted by molar-refractivity contribution is 5.98. The maximum Gasteiger partial charge on any atom is 0.321 e. The van der Waals surface area contributed by atoms with Crippen molar-refractivity contribution in [2.45, 2.75) is 26.7 Å². The number of carboxylic acids is 2. The number of carboxylic acid groups (broad SMARTS) is 2. The monoisotopic (exact) mass is 184 g/mol. The van der Waals surface area contributed by atoms with Gasteiger partial charge in [-0.05, 0) is 6.92 Å². The van der Waals surface area contributed by atoms with Gasteiger partial charge in [0, 0.05) is 12.8 Å². The largest absolute Gasteiger partial charge is 0.480 e. The minimum atomic E-state index is -1.79. The quantitative estimate of drug-likeness (QED) is 0.506. The Morgan fingerprint density at radius 2 is 1.69 bits per heavy atom. The van der Waals surface area contributed by atoms with Gasteiger partial charge in [-0.1, -0.05) is 6.92 Å². The van der Waals surface area contributed by atoms with Gasteiger partial charge in [0.2, 0.25) is 0 Å². The zero-order valence-corrected chi connectivity index (χ0v) is 7.63. The summed E-state index contributed by atoms with van der Waals surface area (Å²) in [6.45, 7) is 2.97. The van der Waals surface area contributed by atoms with Crippen LogP contribution in [0.2, 0.25) is 0 Å². The molecule has 0 atom stereocenters. The zero-order valence-electron chi connectivity index (χ0n) is 7.63. The van der Waals surface area contributed by atoms with Gasteiger partial charge in [-0.3, -0.25) is 9.59 Å². The van der Waals surface area contributed by atoms with Gasteiger partial charge in [0.15, 0.2) is 5.41 Å². The molecule has 0 unspecified atom stereocenters. The Balaban J connectivity index is 4.62. The van der Waals surface area contributed by atoms with Gasteiger partial charge >= 0.3 is 11.9 Å². The third-order valence-electron chi connectivity index (χ3n) is 1.69. The van der Waals surface area contributed by atoms with E-state index in [1.54, 1.807) is 0 Å². The van der Waals surface area contributed by atoms with Crippen LogP contribution in [0.4, 0.5) is 0 Å². The lowest BCUT2D eigenvalue weighted by atomic mass is 9.87. The van der Waals surface area contributed by atoms with E-state index in [9.17, 15) is 9.59 Å². The van der Waals surface area contributed by atoms with Gasteiger partial charge in [0.25, 0.3) is 0 Å². The van der Waals surface area contributed by atoms with Crippen molar-refractivity contribution in [1.29, 1.82) is 0 Å². The summed E-state index contributed by atoms with van der Waals surface area (Å²) in [6.07, 6.45) is 0.431. The summed E-state index contributed by atoms with van der Waals surface area (Å²) in [5.74, 6) is 2.45. The number of carbonyl (C=O) groups is 2. The fourth-order valence-electron chi connectivity index (χ4n) is 0.607. The van der Waals surface area contributed by atoms with Crippen LogP contribution in [-0.2, 0) is 9.59 Å². The maximum atomic E-state index is 10.6. The van der Waals surface area contributed by atoms with Crippen molar-refractivity contribution >= 4 is 11.9 Å². The van der Waals surface area contributed by atoms with E-state index >= 15 is 0 Å². The van der Waals surface area contributed by atoms with E-state index in [0.29, 0.717) is 6.42 Å². The lowest BCUT2D eigenvalue weighted by Crippen LogP contribution is -2.35. The van der Waals surface area contributed by atoms with Gasteiger partial charge in [-0.15, -0.1) is 11.8 Å². The molecule has 0 spiro atoms. The van der Waals surface area contributed by atoms with Crippen LogP contribution in [-0.4, -0.2) is 22.2 Å². The second-order valence-electron chi connectivity index (χ2n) is 2.83. The molecule has 2 N–H and O–H groups in total. The van der Waals surface area contributed by atoms with Gasteiger partial charge in [-0.25, -0.2) is 0 Å². The van der Waals surface area contributed by atoms with Crippen molar-refractivity contribution in [3.05, 3.63) is 0 Å². The molecule has 0 saturated heterocycles. The van der Waals surface area contributed by atoms with E-state index in [4.69, 9.17) is 10.2 Å². The van der Waals surface area contributed by atoms with Crippen molar-refractivity contribution in [2.75, 3.05) is 0 Å². The van der Waals surface area contributed by atoms with Gasteiger partial charge in [0.1, 0.15) is 0 Å². The van der Waals surface area contributed by atoms with E-state index in [0.717, 1.165) is 6.92 Å². The first-order chi connectivity index (χ1) is 5.95. The predicted octanol–water partition coefficient (Wildman–Crippen LogP) is 0.965. The van der Waals surface area contributed by atoms with Gasteiger partial charge < -0.3 is 10.2 Å². The molecule has 0 aliphatic rings. The third-order valence-corrected chi connectivity index (χ3v) is 1.69. The molecule has 13 heavy (non-hydrogen) atoms. The van der Waals surface area contributed by atoms with E-state index in [-0.39, 0.29) is 6.42 Å². The highest BCUT2D eigenvalue weighted by Crippen LogP contribution is 2.21. The third kappa shape index (κ3) is 2.79. The topological polar surface area (TPSA) is 74.6 Å². The van der Waals surface area contributed by atoms with Crippen molar-refractivity contribution in [3.63, 3.8) is 0 Å². The van der Waals surface area contributed by atoms with Crippen molar-refractivity contribution in [1.82, 2.24) is 0 Å². The molecule has 0 amide bonds. The molecule has 0 aromatic heterocycles. The molecule has 72 valence electrons. The van der Waals surface area contributed by atoms with Crippen molar-refractivity contribution in [3.8, 4) is 11.8 Å². The van der Waals surface area contributed by atoms with Gasteiger partial charge in [-0.2, -0.15) is 0 Å². The number of aliphatic carboxylic acids is 2.